The number of anilines is 2. The lowest BCUT2D eigenvalue weighted by Crippen LogP contribution is -2.36. The van der Waals surface area contributed by atoms with Crippen LogP contribution >= 0.6 is 0 Å². The Morgan fingerprint density at radius 1 is 0.833 bits per heavy atom. The smallest absolute Gasteiger partial charge is 0.333 e. The SMILES string of the molecule is C.C.CCCCN.CCCN(CCC)C(=O)CCCCCNc1ccc(N=[N+]=[N-])cc1[N+](=O)[O-].[N-]=[N+]=Nc1ccc(NCCCCCC(=O)ON2C(=O)CC(S(=O)(=O)O)C2=O)c([N+](=O)[O-])c1. The summed E-state index contributed by atoms with van der Waals surface area (Å²) in [6.07, 6.45) is 7.66. The predicted octanol–water partition coefficient (Wildman–Crippen LogP) is 9.16. The van der Waals surface area contributed by atoms with Gasteiger partial charge in [-0.2, -0.15) is 8.42 Å². The van der Waals surface area contributed by atoms with Crippen molar-refractivity contribution in [1.29, 1.82) is 0 Å². The van der Waals surface area contributed by atoms with E-state index in [1.807, 2.05) is 4.90 Å². The lowest BCUT2D eigenvalue weighted by Gasteiger charge is -2.21. The number of benzene rings is 2. The first-order chi connectivity index (χ1) is 30.5. The molecule has 1 aliphatic rings. The average Bonchev–Trinajstić information content (AvgIpc) is 3.53. The third kappa shape index (κ3) is 22.9. The van der Waals surface area contributed by atoms with Crippen LogP contribution in [0.1, 0.15) is 119 Å². The molecule has 25 nitrogen and oxygen atoms in total. The summed E-state index contributed by atoms with van der Waals surface area (Å²) in [5, 5.41) is 32.9. The number of hydroxylamine groups is 2. The Morgan fingerprint density at radius 2 is 1.30 bits per heavy atom. The van der Waals surface area contributed by atoms with E-state index in [9.17, 15) is 47.8 Å². The molecule has 1 aliphatic heterocycles. The highest BCUT2D eigenvalue weighted by atomic mass is 32.2. The van der Waals surface area contributed by atoms with Crippen molar-refractivity contribution in [3.63, 3.8) is 0 Å². The third-order valence-electron chi connectivity index (χ3n) is 8.94. The number of hydrogen-bond donors (Lipinski definition) is 4. The second kappa shape index (κ2) is 33.9. The summed E-state index contributed by atoms with van der Waals surface area (Å²) in [4.78, 5) is 80.3. The number of nitrogens with zero attached hydrogens (tertiary/aromatic N) is 10. The van der Waals surface area contributed by atoms with E-state index in [4.69, 9.17) is 21.3 Å². The van der Waals surface area contributed by atoms with E-state index in [-0.39, 0.29) is 60.7 Å². The molecule has 1 unspecified atom stereocenters. The van der Waals surface area contributed by atoms with Crippen molar-refractivity contribution in [3.8, 4) is 0 Å². The van der Waals surface area contributed by atoms with Crippen LogP contribution in [-0.2, 0) is 34.1 Å². The summed E-state index contributed by atoms with van der Waals surface area (Å²) in [6, 6.07) is 8.27. The maximum Gasteiger partial charge on any atom is 0.333 e. The number of hydrogen-bond acceptors (Lipinski definition) is 16. The molecule has 2 aromatic rings. The summed E-state index contributed by atoms with van der Waals surface area (Å²) < 4.78 is 31.0. The molecule has 0 aliphatic carbocycles. The van der Waals surface area contributed by atoms with Crippen LogP contribution in [0.5, 0.6) is 0 Å². The van der Waals surface area contributed by atoms with Gasteiger partial charge in [-0.05, 0) is 74.7 Å². The first kappa shape index (κ1) is 61.5. The summed E-state index contributed by atoms with van der Waals surface area (Å²) in [7, 11) is -4.79. The van der Waals surface area contributed by atoms with Crippen molar-refractivity contribution < 1.29 is 46.8 Å². The molecule has 1 fully saturated rings. The molecule has 0 radical (unpaired) electrons. The number of azide groups is 2. The van der Waals surface area contributed by atoms with E-state index in [1.54, 1.807) is 6.07 Å². The first-order valence-corrected chi connectivity index (χ1v) is 22.2. The molecule has 1 heterocycles. The van der Waals surface area contributed by atoms with E-state index in [0.717, 1.165) is 57.8 Å². The highest BCUT2D eigenvalue weighted by Crippen LogP contribution is 2.31. The molecule has 0 bridgehead atoms. The van der Waals surface area contributed by atoms with Crippen LogP contribution in [0, 0.1) is 20.2 Å². The Morgan fingerprint density at radius 3 is 1.67 bits per heavy atom. The number of nitro groups is 2. The van der Waals surface area contributed by atoms with Gasteiger partial charge < -0.3 is 26.1 Å². The van der Waals surface area contributed by atoms with Gasteiger partial charge in [-0.25, -0.2) is 4.79 Å². The normalized spacial score (nSPS) is 12.5. The Hall–Kier alpha value is -6.59. The quantitative estimate of drug-likeness (QED) is 0.00997. The number of nitrogens with one attached hydrogen (secondary N) is 2. The van der Waals surface area contributed by atoms with Crippen molar-refractivity contribution in [1.82, 2.24) is 9.96 Å². The number of unbranched alkanes of at least 4 members (excludes halogenated alkanes) is 5. The largest absolute Gasteiger partial charge is 0.379 e. The molecule has 0 aromatic heterocycles. The molecule has 3 amide bonds. The summed E-state index contributed by atoms with van der Waals surface area (Å²) >= 11 is 0. The average molecular weight is 952 g/mol. The Bertz CT molecular complexity index is 2090. The predicted molar refractivity (Wildman–Crippen MR) is 250 cm³/mol. The Balaban J connectivity index is 0. The Labute approximate surface area is 385 Å². The fourth-order valence-electron chi connectivity index (χ4n) is 5.79. The van der Waals surface area contributed by atoms with Crippen molar-refractivity contribution in [2.75, 3.05) is 43.4 Å². The van der Waals surface area contributed by atoms with Gasteiger partial charge in [0.15, 0.2) is 5.25 Å². The van der Waals surface area contributed by atoms with Crippen LogP contribution < -0.4 is 16.4 Å². The number of carbonyl (C=O) groups excluding carboxylic acids is 4. The molecule has 2 aromatic carbocycles. The molecule has 26 heteroatoms. The summed E-state index contributed by atoms with van der Waals surface area (Å²) in [5.74, 6) is -3.11. The van der Waals surface area contributed by atoms with E-state index in [2.05, 4.69) is 56.3 Å². The van der Waals surface area contributed by atoms with E-state index >= 15 is 0 Å². The zero-order valence-electron chi connectivity index (χ0n) is 36.2. The van der Waals surface area contributed by atoms with Crippen molar-refractivity contribution in [2.45, 2.75) is 124 Å². The second-order valence-corrected chi connectivity index (χ2v) is 15.6. The van der Waals surface area contributed by atoms with Gasteiger partial charge >= 0.3 is 5.97 Å². The topological polar surface area (TPSA) is 372 Å². The highest BCUT2D eigenvalue weighted by molar-refractivity contribution is 7.87. The van der Waals surface area contributed by atoms with Crippen LogP contribution in [0.15, 0.2) is 46.6 Å². The van der Waals surface area contributed by atoms with Crippen molar-refractivity contribution in [2.24, 2.45) is 16.0 Å². The standard InChI is InChI=1S/C18H28N6O3.C16H18N6O9S.C4H11N.2CH4/c1-3-12-23(13-4-2)18(25)8-6-5-7-11-20-16-10-9-15(21-22-19)14-17(16)24(26)27;17-20-19-10-5-6-11(12(8-10)22(26)27)18-7-3-1-2-4-15(24)31-21-14(23)9-13(16(21)25)32(28,29)30;1-2-3-4-5;;/h9-10,14,20H,3-8,11-13H2,1-2H3;5-6,8,13,18H,1-4,7,9H2,(H,28,29,30);2-5H2,1H3;2*1H4. The van der Waals surface area contributed by atoms with Gasteiger partial charge in [-0.1, -0.05) is 77.2 Å². The number of carbonyl (C=O) groups is 4. The van der Waals surface area contributed by atoms with Gasteiger partial charge in [-0.3, -0.25) is 39.2 Å². The minimum Gasteiger partial charge on any atom is -0.379 e. The zero-order chi connectivity index (χ0) is 48.1. The van der Waals surface area contributed by atoms with E-state index in [0.29, 0.717) is 44.5 Å². The number of imide groups is 1. The fourth-order valence-corrected chi connectivity index (χ4v) is 6.49. The molecule has 0 saturated carbocycles. The van der Waals surface area contributed by atoms with Crippen LogP contribution in [0.2, 0.25) is 0 Å². The molecule has 3 rings (SSSR count). The highest BCUT2D eigenvalue weighted by Gasteiger charge is 2.48. The first-order valence-electron chi connectivity index (χ1n) is 20.7. The van der Waals surface area contributed by atoms with Crippen LogP contribution in [-0.4, -0.2) is 94.4 Å². The van der Waals surface area contributed by atoms with Crippen molar-refractivity contribution in [3.05, 3.63) is 77.5 Å². The summed E-state index contributed by atoms with van der Waals surface area (Å²) in [6.45, 7) is 9.64. The lowest BCUT2D eigenvalue weighted by molar-refractivity contribution is -0.384. The number of rotatable bonds is 26. The number of amides is 3. The van der Waals surface area contributed by atoms with Crippen LogP contribution in [0.25, 0.3) is 20.9 Å². The lowest BCUT2D eigenvalue weighted by atomic mass is 10.1. The third-order valence-corrected chi connectivity index (χ3v) is 10.0. The maximum atomic E-state index is 12.2. The maximum absolute atomic E-state index is 12.2. The number of nitro benzene ring substituents is 2. The van der Waals surface area contributed by atoms with Gasteiger partial charge in [0, 0.05) is 72.4 Å². The van der Waals surface area contributed by atoms with Gasteiger partial charge in [0.25, 0.3) is 33.3 Å². The minimum atomic E-state index is -4.79. The van der Waals surface area contributed by atoms with Crippen LogP contribution in [0.3, 0.4) is 0 Å². The molecule has 1 saturated heterocycles. The Kier molecular flexibility index (Phi) is 31.5. The van der Waals surface area contributed by atoms with Crippen LogP contribution in [0.4, 0.5) is 34.1 Å². The fraction of sp³-hybridized carbons (Fsp3) is 0.600. The number of nitrogens with two attached hydrogens (primary N) is 1. The molecule has 66 heavy (non-hydrogen) atoms. The van der Waals surface area contributed by atoms with Gasteiger partial charge in [0.1, 0.15) is 11.4 Å². The molecule has 368 valence electrons. The van der Waals surface area contributed by atoms with E-state index in [1.165, 1.54) is 37.1 Å². The monoisotopic (exact) mass is 951 g/mol. The molecular formula is C40H65N13O12S. The minimum absolute atomic E-state index is 0. The molecule has 5 N–H and O–H groups in total. The van der Waals surface area contributed by atoms with Crippen molar-refractivity contribution >= 4 is 67.9 Å². The van der Waals surface area contributed by atoms with Gasteiger partial charge in [0.2, 0.25) is 5.91 Å². The molecule has 0 spiro atoms. The molecular weight excluding hydrogens is 887 g/mol. The zero-order valence-corrected chi connectivity index (χ0v) is 37.0. The summed E-state index contributed by atoms with van der Waals surface area (Å²) in [5.41, 5.74) is 22.5. The van der Waals surface area contributed by atoms with Gasteiger partial charge in [-0.15, -0.1) is 5.06 Å². The van der Waals surface area contributed by atoms with Gasteiger partial charge in [0.05, 0.1) is 16.3 Å². The second-order valence-electron chi connectivity index (χ2n) is 14.0. The molecule has 1 atom stereocenters. The van der Waals surface area contributed by atoms with E-state index < -0.39 is 49.4 Å².